The van der Waals surface area contributed by atoms with Gasteiger partial charge in [0.1, 0.15) is 5.56 Å². The first-order valence-corrected chi connectivity index (χ1v) is 3.66. The van der Waals surface area contributed by atoms with E-state index < -0.39 is 11.0 Å². The molecule has 0 saturated carbocycles. The van der Waals surface area contributed by atoms with Crippen LogP contribution in [-0.2, 0) is 0 Å². The molecular weight excluding hydrogens is 206 g/mol. The highest BCUT2D eigenvalue weighted by molar-refractivity contribution is 5.90. The summed E-state index contributed by atoms with van der Waals surface area (Å²) in [5.74, 6) is -1.34. The predicted octanol–water partition coefficient (Wildman–Crippen LogP) is 1.32. The first-order valence-electron chi connectivity index (χ1n) is 3.66. The summed E-state index contributed by atoms with van der Waals surface area (Å²) in [7, 11) is 0. The lowest BCUT2D eigenvalue weighted by atomic mass is 10.2. The summed E-state index contributed by atoms with van der Waals surface area (Å²) in [6.07, 6.45) is 0. The summed E-state index contributed by atoms with van der Waals surface area (Å²) in [5, 5.41) is 22.6. The van der Waals surface area contributed by atoms with Crippen LogP contribution in [0, 0.1) is 10.1 Å². The SMILES string of the molecule is O=C(O)c1ccccc1ON=N[N+](=O)[O-]. The topological polar surface area (TPSA) is 114 Å². The molecule has 15 heavy (non-hydrogen) atoms. The molecule has 0 unspecified atom stereocenters. The Morgan fingerprint density at radius 3 is 2.73 bits per heavy atom. The van der Waals surface area contributed by atoms with E-state index in [0.29, 0.717) is 0 Å². The van der Waals surface area contributed by atoms with Crippen molar-refractivity contribution in [2.75, 3.05) is 0 Å². The Kier molecular flexibility index (Phi) is 3.28. The molecule has 1 rings (SSSR count). The Hall–Kier alpha value is -2.51. The second kappa shape index (κ2) is 4.65. The van der Waals surface area contributed by atoms with Crippen LogP contribution in [0.2, 0.25) is 0 Å². The molecule has 0 fully saturated rings. The van der Waals surface area contributed by atoms with Crippen LogP contribution < -0.4 is 4.84 Å². The maximum atomic E-state index is 10.6. The third-order valence-electron chi connectivity index (χ3n) is 1.37. The molecule has 0 aromatic heterocycles. The summed E-state index contributed by atoms with van der Waals surface area (Å²) in [4.78, 5) is 24.8. The summed E-state index contributed by atoms with van der Waals surface area (Å²) in [6, 6.07) is 5.58. The van der Waals surface area contributed by atoms with E-state index in [1.54, 1.807) is 0 Å². The average molecular weight is 211 g/mol. The third kappa shape index (κ3) is 3.03. The Balaban J connectivity index is 2.85. The lowest BCUT2D eigenvalue weighted by Crippen LogP contribution is -1.99. The Morgan fingerprint density at radius 1 is 1.47 bits per heavy atom. The number of carboxylic acids is 1. The first kappa shape index (κ1) is 10.6. The molecule has 0 radical (unpaired) electrons. The highest BCUT2D eigenvalue weighted by atomic mass is 16.7. The van der Waals surface area contributed by atoms with Crippen molar-refractivity contribution in [1.29, 1.82) is 0 Å². The van der Waals surface area contributed by atoms with E-state index in [1.807, 2.05) is 0 Å². The number of aromatic carboxylic acids is 1. The minimum atomic E-state index is -1.22. The minimum absolute atomic E-state index is 0.115. The van der Waals surface area contributed by atoms with Crippen molar-refractivity contribution in [1.82, 2.24) is 0 Å². The van der Waals surface area contributed by atoms with Gasteiger partial charge in [0.15, 0.2) is 0 Å². The number of para-hydroxylation sites is 1. The number of nitrogens with zero attached hydrogens (tertiary/aromatic N) is 3. The van der Waals surface area contributed by atoms with Crippen LogP contribution in [0.5, 0.6) is 5.75 Å². The molecule has 8 heteroatoms. The number of hydrogen-bond donors (Lipinski definition) is 1. The molecule has 0 aliphatic carbocycles. The van der Waals surface area contributed by atoms with Crippen molar-refractivity contribution in [3.05, 3.63) is 39.9 Å². The van der Waals surface area contributed by atoms with Crippen molar-refractivity contribution in [3.63, 3.8) is 0 Å². The molecule has 0 spiro atoms. The second-order valence-electron chi connectivity index (χ2n) is 2.30. The molecule has 8 nitrogen and oxygen atoms in total. The van der Waals surface area contributed by atoms with Gasteiger partial charge in [-0.2, -0.15) is 0 Å². The largest absolute Gasteiger partial charge is 0.478 e. The van der Waals surface area contributed by atoms with Gasteiger partial charge in [0.05, 0.1) is 5.03 Å². The van der Waals surface area contributed by atoms with Crippen LogP contribution in [0.1, 0.15) is 10.4 Å². The van der Waals surface area contributed by atoms with Gasteiger partial charge in [0, 0.05) is 0 Å². The molecule has 0 amide bonds. The van der Waals surface area contributed by atoms with Gasteiger partial charge >= 0.3 is 5.97 Å². The summed E-state index contributed by atoms with van der Waals surface area (Å²) in [6.45, 7) is 0. The van der Waals surface area contributed by atoms with E-state index >= 15 is 0 Å². The first-order chi connectivity index (χ1) is 7.11. The second-order valence-corrected chi connectivity index (χ2v) is 2.30. The Morgan fingerprint density at radius 2 is 2.13 bits per heavy atom. The third-order valence-corrected chi connectivity index (χ3v) is 1.37. The van der Waals surface area contributed by atoms with Crippen LogP contribution in [0.4, 0.5) is 0 Å². The van der Waals surface area contributed by atoms with Crippen molar-refractivity contribution in [2.24, 2.45) is 10.5 Å². The zero-order chi connectivity index (χ0) is 11.3. The van der Waals surface area contributed by atoms with Gasteiger partial charge in [-0.05, 0) is 12.1 Å². The number of hydrogen-bond acceptors (Lipinski definition) is 5. The quantitative estimate of drug-likeness (QED) is 0.458. The zero-order valence-electron chi connectivity index (χ0n) is 7.23. The van der Waals surface area contributed by atoms with Gasteiger partial charge in [-0.1, -0.05) is 12.1 Å². The minimum Gasteiger partial charge on any atom is -0.478 e. The molecule has 0 heterocycles. The van der Waals surface area contributed by atoms with Gasteiger partial charge in [-0.15, -0.1) is 0 Å². The molecule has 78 valence electrons. The average Bonchev–Trinajstić information content (AvgIpc) is 2.17. The number of carbonyl (C=O) groups is 1. The monoisotopic (exact) mass is 211 g/mol. The van der Waals surface area contributed by atoms with E-state index in [4.69, 9.17) is 5.11 Å². The molecule has 0 aliphatic heterocycles. The maximum Gasteiger partial charge on any atom is 0.339 e. The summed E-state index contributed by atoms with van der Waals surface area (Å²) >= 11 is 0. The number of benzene rings is 1. The van der Waals surface area contributed by atoms with Crippen molar-refractivity contribution in [2.45, 2.75) is 0 Å². The molecule has 0 bridgehead atoms. The van der Waals surface area contributed by atoms with E-state index in [-0.39, 0.29) is 11.3 Å². The fraction of sp³-hybridized carbons (Fsp3) is 0. The molecule has 0 saturated heterocycles. The summed E-state index contributed by atoms with van der Waals surface area (Å²) < 4.78 is 0. The summed E-state index contributed by atoms with van der Waals surface area (Å²) in [5.41, 5.74) is -0.153. The smallest absolute Gasteiger partial charge is 0.339 e. The van der Waals surface area contributed by atoms with Crippen molar-refractivity contribution < 1.29 is 19.8 Å². The molecule has 0 atom stereocenters. The fourth-order valence-electron chi connectivity index (χ4n) is 0.815. The van der Waals surface area contributed by atoms with Crippen molar-refractivity contribution in [3.8, 4) is 5.75 Å². The number of nitro groups is 1. The van der Waals surface area contributed by atoms with E-state index in [0.717, 1.165) is 0 Å². The zero-order valence-corrected chi connectivity index (χ0v) is 7.23. The van der Waals surface area contributed by atoms with Gasteiger partial charge in [0.2, 0.25) is 11.0 Å². The molecule has 1 aromatic rings. The standard InChI is InChI=1S/C7H5N3O5/c11-7(12)5-3-1-2-4-6(5)15-9-8-10(13)14/h1-4H,(H,11,12). The van der Waals surface area contributed by atoms with Crippen LogP contribution in [0.15, 0.2) is 34.8 Å². The van der Waals surface area contributed by atoms with Crippen LogP contribution in [-0.4, -0.2) is 16.1 Å². The lowest BCUT2D eigenvalue weighted by Gasteiger charge is -1.96. The Bertz CT molecular complexity index is 417. The van der Waals surface area contributed by atoms with Crippen LogP contribution >= 0.6 is 0 Å². The number of carboxylic acid groups (broad SMARTS) is 1. The van der Waals surface area contributed by atoms with E-state index in [1.165, 1.54) is 24.3 Å². The number of rotatable bonds is 4. The highest BCUT2D eigenvalue weighted by Gasteiger charge is 2.12. The Labute approximate surface area is 82.9 Å². The lowest BCUT2D eigenvalue weighted by molar-refractivity contribution is -0.497. The predicted molar refractivity (Wildman–Crippen MR) is 45.9 cm³/mol. The van der Waals surface area contributed by atoms with Gasteiger partial charge in [-0.25, -0.2) is 9.63 Å². The van der Waals surface area contributed by atoms with Gasteiger partial charge in [0.25, 0.3) is 5.28 Å². The molecule has 1 aromatic carbocycles. The van der Waals surface area contributed by atoms with Crippen molar-refractivity contribution >= 4 is 5.97 Å². The van der Waals surface area contributed by atoms with Crippen LogP contribution in [0.25, 0.3) is 0 Å². The fourth-order valence-corrected chi connectivity index (χ4v) is 0.815. The van der Waals surface area contributed by atoms with Gasteiger partial charge in [-0.3, -0.25) is 0 Å². The van der Waals surface area contributed by atoms with Gasteiger partial charge < -0.3 is 15.2 Å². The van der Waals surface area contributed by atoms with E-state index in [2.05, 4.69) is 15.3 Å². The molecular formula is C7H5N3O5. The highest BCUT2D eigenvalue weighted by Crippen LogP contribution is 2.17. The molecule has 0 aliphatic rings. The maximum absolute atomic E-state index is 10.6. The van der Waals surface area contributed by atoms with Crippen LogP contribution in [0.3, 0.4) is 0 Å². The normalized spacial score (nSPS) is 10.1. The van der Waals surface area contributed by atoms with E-state index in [9.17, 15) is 14.9 Å². The molecule has 1 N–H and O–H groups in total.